The van der Waals surface area contributed by atoms with Gasteiger partial charge in [-0.1, -0.05) is 48.5 Å². The van der Waals surface area contributed by atoms with E-state index < -0.39 is 6.61 Å². The normalized spacial score (nSPS) is 12.4. The molecule has 0 bridgehead atoms. The van der Waals surface area contributed by atoms with E-state index in [4.69, 9.17) is 5.73 Å². The highest BCUT2D eigenvalue weighted by atomic mass is 19.3. The van der Waals surface area contributed by atoms with Gasteiger partial charge in [-0.25, -0.2) is 0 Å². The van der Waals surface area contributed by atoms with Crippen molar-refractivity contribution in [1.29, 1.82) is 0 Å². The summed E-state index contributed by atoms with van der Waals surface area (Å²) in [5.41, 5.74) is 7.93. The molecule has 0 saturated carbocycles. The topological polar surface area (TPSA) is 35.2 Å². The van der Waals surface area contributed by atoms with E-state index in [1.165, 1.54) is 6.07 Å². The number of hydrogen-bond acceptors (Lipinski definition) is 2. The van der Waals surface area contributed by atoms with E-state index in [0.717, 1.165) is 5.56 Å². The van der Waals surface area contributed by atoms with Crippen LogP contribution < -0.4 is 10.5 Å². The highest BCUT2D eigenvalue weighted by Gasteiger charge is 2.12. The predicted octanol–water partition coefficient (Wildman–Crippen LogP) is 3.40. The van der Waals surface area contributed by atoms with Crippen LogP contribution in [0, 0.1) is 0 Å². The molecule has 1 unspecified atom stereocenters. The number of para-hydroxylation sites is 1. The Bertz CT molecular complexity index is 531. The van der Waals surface area contributed by atoms with Crippen molar-refractivity contribution in [2.45, 2.75) is 25.5 Å². The highest BCUT2D eigenvalue weighted by molar-refractivity contribution is 5.34. The first-order chi connectivity index (χ1) is 9.65. The molecule has 1 atom stereocenters. The molecule has 106 valence electrons. The zero-order valence-corrected chi connectivity index (χ0v) is 11.0. The Morgan fingerprint density at radius 2 is 1.55 bits per heavy atom. The number of nitrogens with two attached hydrogens (primary N) is 1. The summed E-state index contributed by atoms with van der Waals surface area (Å²) in [5, 5.41) is 0. The third kappa shape index (κ3) is 4.31. The number of ether oxygens (including phenoxy) is 1. The Hall–Kier alpha value is -1.94. The van der Waals surface area contributed by atoms with Gasteiger partial charge in [0.15, 0.2) is 0 Å². The number of benzene rings is 2. The second kappa shape index (κ2) is 7.01. The lowest BCUT2D eigenvalue weighted by atomic mass is 9.99. The Morgan fingerprint density at radius 3 is 2.25 bits per heavy atom. The summed E-state index contributed by atoms with van der Waals surface area (Å²) >= 11 is 0. The maximum Gasteiger partial charge on any atom is 0.387 e. The van der Waals surface area contributed by atoms with E-state index in [1.807, 2.05) is 30.3 Å². The minimum atomic E-state index is -2.82. The van der Waals surface area contributed by atoms with Crippen LogP contribution in [0.15, 0.2) is 54.6 Å². The van der Waals surface area contributed by atoms with Gasteiger partial charge in [-0.15, -0.1) is 0 Å². The van der Waals surface area contributed by atoms with Crippen molar-refractivity contribution in [2.75, 3.05) is 0 Å². The molecule has 0 aromatic heterocycles. The molecule has 0 amide bonds. The summed E-state index contributed by atoms with van der Waals surface area (Å²) in [6.07, 6.45) is 1.20. The zero-order chi connectivity index (χ0) is 14.4. The zero-order valence-electron chi connectivity index (χ0n) is 11.0. The number of alkyl halides is 2. The average molecular weight is 277 g/mol. The van der Waals surface area contributed by atoms with Gasteiger partial charge < -0.3 is 10.5 Å². The lowest BCUT2D eigenvalue weighted by molar-refractivity contribution is -0.0504. The minimum Gasteiger partial charge on any atom is -0.435 e. The molecule has 2 aromatic rings. The van der Waals surface area contributed by atoms with Crippen molar-refractivity contribution < 1.29 is 13.5 Å². The van der Waals surface area contributed by atoms with Gasteiger partial charge in [-0.2, -0.15) is 8.78 Å². The van der Waals surface area contributed by atoms with Crippen LogP contribution in [0.1, 0.15) is 11.1 Å². The highest BCUT2D eigenvalue weighted by Crippen LogP contribution is 2.22. The van der Waals surface area contributed by atoms with Gasteiger partial charge in [0.2, 0.25) is 0 Å². The van der Waals surface area contributed by atoms with Gasteiger partial charge in [-0.3, -0.25) is 0 Å². The summed E-state index contributed by atoms with van der Waals surface area (Å²) in [5.74, 6) is 0.200. The maximum atomic E-state index is 12.3. The van der Waals surface area contributed by atoms with Crippen molar-refractivity contribution in [3.05, 3.63) is 65.7 Å². The molecular formula is C16H17F2NO. The SMILES string of the molecule is NC(Cc1ccccc1)Cc1ccccc1OC(F)F. The molecule has 2 rings (SSSR count). The van der Waals surface area contributed by atoms with Gasteiger partial charge in [0.05, 0.1) is 0 Å². The summed E-state index contributed by atoms with van der Waals surface area (Å²) in [6, 6.07) is 16.5. The van der Waals surface area contributed by atoms with Crippen LogP contribution in [-0.2, 0) is 12.8 Å². The minimum absolute atomic E-state index is 0.139. The van der Waals surface area contributed by atoms with Gasteiger partial charge in [0.1, 0.15) is 5.75 Å². The smallest absolute Gasteiger partial charge is 0.387 e. The van der Waals surface area contributed by atoms with Gasteiger partial charge >= 0.3 is 6.61 Å². The van der Waals surface area contributed by atoms with E-state index in [9.17, 15) is 8.78 Å². The van der Waals surface area contributed by atoms with Gasteiger partial charge in [0.25, 0.3) is 0 Å². The quantitative estimate of drug-likeness (QED) is 0.878. The fraction of sp³-hybridized carbons (Fsp3) is 0.250. The van der Waals surface area contributed by atoms with Crippen LogP contribution in [0.3, 0.4) is 0 Å². The molecule has 0 aliphatic rings. The Balaban J connectivity index is 2.02. The summed E-state index contributed by atoms with van der Waals surface area (Å²) in [6.45, 7) is -2.82. The molecule has 2 aromatic carbocycles. The van der Waals surface area contributed by atoms with Crippen molar-refractivity contribution >= 4 is 0 Å². The molecule has 0 radical (unpaired) electrons. The Kier molecular flexibility index (Phi) is 5.07. The third-order valence-electron chi connectivity index (χ3n) is 3.01. The van der Waals surface area contributed by atoms with Crippen molar-refractivity contribution in [3.8, 4) is 5.75 Å². The second-order valence-electron chi connectivity index (χ2n) is 4.64. The van der Waals surface area contributed by atoms with E-state index in [1.54, 1.807) is 18.2 Å². The van der Waals surface area contributed by atoms with Crippen LogP contribution >= 0.6 is 0 Å². The van der Waals surface area contributed by atoms with Gasteiger partial charge in [0, 0.05) is 6.04 Å². The van der Waals surface area contributed by atoms with Crippen LogP contribution in [-0.4, -0.2) is 12.7 Å². The maximum absolute atomic E-state index is 12.3. The molecule has 2 N–H and O–H groups in total. The summed E-state index contributed by atoms with van der Waals surface area (Å²) < 4.78 is 29.2. The third-order valence-corrected chi connectivity index (χ3v) is 3.01. The van der Waals surface area contributed by atoms with Crippen molar-refractivity contribution in [3.63, 3.8) is 0 Å². The molecule has 0 fully saturated rings. The molecule has 20 heavy (non-hydrogen) atoms. The van der Waals surface area contributed by atoms with Gasteiger partial charge in [-0.05, 0) is 30.0 Å². The summed E-state index contributed by atoms with van der Waals surface area (Å²) in [7, 11) is 0. The molecule has 0 aliphatic heterocycles. The first-order valence-electron chi connectivity index (χ1n) is 6.47. The fourth-order valence-electron chi connectivity index (χ4n) is 2.15. The predicted molar refractivity (Wildman–Crippen MR) is 74.9 cm³/mol. The largest absolute Gasteiger partial charge is 0.435 e. The number of halogens is 2. The first-order valence-corrected chi connectivity index (χ1v) is 6.47. The van der Waals surface area contributed by atoms with Crippen LogP contribution in [0.5, 0.6) is 5.75 Å². The second-order valence-corrected chi connectivity index (χ2v) is 4.64. The summed E-state index contributed by atoms with van der Waals surface area (Å²) in [4.78, 5) is 0. The fourth-order valence-corrected chi connectivity index (χ4v) is 2.15. The van der Waals surface area contributed by atoms with Crippen LogP contribution in [0.2, 0.25) is 0 Å². The molecular weight excluding hydrogens is 260 g/mol. The number of hydrogen-bond donors (Lipinski definition) is 1. The van der Waals surface area contributed by atoms with Crippen LogP contribution in [0.25, 0.3) is 0 Å². The molecule has 2 nitrogen and oxygen atoms in total. The monoisotopic (exact) mass is 277 g/mol. The number of rotatable bonds is 6. The molecule has 0 saturated heterocycles. The molecule has 0 heterocycles. The molecule has 0 aliphatic carbocycles. The van der Waals surface area contributed by atoms with E-state index in [2.05, 4.69) is 4.74 Å². The van der Waals surface area contributed by atoms with E-state index in [0.29, 0.717) is 18.4 Å². The lowest BCUT2D eigenvalue weighted by Crippen LogP contribution is -2.25. The average Bonchev–Trinajstić information content (AvgIpc) is 2.41. The van der Waals surface area contributed by atoms with Crippen LogP contribution in [0.4, 0.5) is 8.78 Å². The van der Waals surface area contributed by atoms with Crippen molar-refractivity contribution in [1.82, 2.24) is 0 Å². The van der Waals surface area contributed by atoms with E-state index >= 15 is 0 Å². The first kappa shape index (κ1) is 14.5. The Morgan fingerprint density at radius 1 is 0.900 bits per heavy atom. The van der Waals surface area contributed by atoms with E-state index in [-0.39, 0.29) is 11.8 Å². The standard InChI is InChI=1S/C16H17F2NO/c17-16(18)20-15-9-5-4-8-13(15)11-14(19)10-12-6-2-1-3-7-12/h1-9,14,16H,10-11,19H2. The molecule has 4 heteroatoms. The Labute approximate surface area is 117 Å². The molecule has 0 spiro atoms. The lowest BCUT2D eigenvalue weighted by Gasteiger charge is -2.15. The van der Waals surface area contributed by atoms with Crippen molar-refractivity contribution in [2.24, 2.45) is 5.73 Å².